The monoisotopic (exact) mass is 214 g/mol. The lowest BCUT2D eigenvalue weighted by Crippen LogP contribution is -2.03. The quantitative estimate of drug-likeness (QED) is 0.459. The highest BCUT2D eigenvalue weighted by Crippen LogP contribution is 2.25. The number of benzene rings is 1. The minimum atomic E-state index is -0.501. The molecule has 1 aromatic carbocycles. The van der Waals surface area contributed by atoms with Crippen LogP contribution in [-0.2, 0) is 0 Å². The third kappa shape index (κ3) is 2.64. The van der Waals surface area contributed by atoms with Gasteiger partial charge >= 0.3 is 0 Å². The highest BCUT2D eigenvalue weighted by Gasteiger charge is 2.04. The van der Waals surface area contributed by atoms with Crippen molar-refractivity contribution in [1.29, 1.82) is 0 Å². The Morgan fingerprint density at radius 2 is 2.29 bits per heavy atom. The first-order valence-electron chi connectivity index (χ1n) is 4.24. The fourth-order valence-corrected chi connectivity index (χ4v) is 1.19. The Bertz CT molecular complexity index is 339. The Balaban J connectivity index is 2.76. The van der Waals surface area contributed by atoms with Crippen LogP contribution in [0.3, 0.4) is 0 Å². The molecular weight excluding hydrogens is 203 g/mol. The predicted octanol–water partition coefficient (Wildman–Crippen LogP) is 3.05. The first-order valence-corrected chi connectivity index (χ1v) is 4.62. The fraction of sp³-hybridized carbons (Fsp3) is 0.200. The number of nitrogen functional groups attached to an aromatic ring is 1. The summed E-state index contributed by atoms with van der Waals surface area (Å²) in [5.74, 6) is -0.501. The van der Waals surface area contributed by atoms with Gasteiger partial charge in [0.15, 0.2) is 0 Å². The van der Waals surface area contributed by atoms with Gasteiger partial charge in [-0.25, -0.2) is 4.39 Å². The minimum Gasteiger partial charge on any atom is -0.397 e. The van der Waals surface area contributed by atoms with Crippen LogP contribution in [0.2, 0.25) is 5.02 Å². The molecule has 0 aliphatic carbocycles. The fourth-order valence-electron chi connectivity index (χ4n) is 1.02. The van der Waals surface area contributed by atoms with Crippen molar-refractivity contribution in [3.05, 3.63) is 35.6 Å². The molecule has 76 valence electrons. The number of hydrogen-bond acceptors (Lipinski definition) is 2. The van der Waals surface area contributed by atoms with Gasteiger partial charge in [0.05, 0.1) is 16.4 Å². The molecular formula is C10H12ClFN2. The van der Waals surface area contributed by atoms with Crippen LogP contribution >= 0.6 is 11.6 Å². The van der Waals surface area contributed by atoms with E-state index in [2.05, 4.69) is 11.9 Å². The van der Waals surface area contributed by atoms with E-state index in [1.807, 2.05) is 0 Å². The van der Waals surface area contributed by atoms with E-state index < -0.39 is 5.82 Å². The van der Waals surface area contributed by atoms with Crippen LogP contribution in [0.1, 0.15) is 6.42 Å². The molecule has 0 heterocycles. The summed E-state index contributed by atoms with van der Waals surface area (Å²) in [6.07, 6.45) is 2.60. The third-order valence-electron chi connectivity index (χ3n) is 1.76. The second-order valence-electron chi connectivity index (χ2n) is 2.86. The Morgan fingerprint density at radius 3 is 2.93 bits per heavy atom. The lowest BCUT2D eigenvalue weighted by Gasteiger charge is -2.08. The molecule has 0 unspecified atom stereocenters. The molecule has 0 bridgehead atoms. The molecule has 0 spiro atoms. The molecule has 0 fully saturated rings. The summed E-state index contributed by atoms with van der Waals surface area (Å²) in [6, 6.07) is 2.69. The van der Waals surface area contributed by atoms with Crippen molar-refractivity contribution < 1.29 is 4.39 Å². The number of nitrogens with one attached hydrogen (secondary N) is 1. The lowest BCUT2D eigenvalue weighted by molar-refractivity contribution is 0.629. The average Bonchev–Trinajstić information content (AvgIpc) is 2.14. The molecule has 0 aliphatic rings. The molecule has 3 N–H and O–H groups in total. The Morgan fingerprint density at radius 1 is 1.57 bits per heavy atom. The van der Waals surface area contributed by atoms with Gasteiger partial charge in [0.25, 0.3) is 0 Å². The van der Waals surface area contributed by atoms with E-state index in [-0.39, 0.29) is 5.02 Å². The largest absolute Gasteiger partial charge is 0.397 e. The van der Waals surface area contributed by atoms with Gasteiger partial charge in [-0.15, -0.1) is 6.58 Å². The Labute approximate surface area is 87.6 Å². The summed E-state index contributed by atoms with van der Waals surface area (Å²) in [4.78, 5) is 0. The average molecular weight is 215 g/mol. The standard InChI is InChI=1S/C10H12ClFN2/c1-2-3-4-14-10-5-7(11)8(12)6-9(10)13/h2,5-6,14H,1,3-4,13H2. The third-order valence-corrected chi connectivity index (χ3v) is 2.05. The van der Waals surface area contributed by atoms with Gasteiger partial charge in [0, 0.05) is 12.6 Å². The minimum absolute atomic E-state index is 0.0697. The van der Waals surface area contributed by atoms with Crippen molar-refractivity contribution in [2.75, 3.05) is 17.6 Å². The molecule has 4 heteroatoms. The van der Waals surface area contributed by atoms with Crippen LogP contribution in [0.5, 0.6) is 0 Å². The summed E-state index contributed by atoms with van der Waals surface area (Å²) in [5, 5.41) is 3.10. The highest BCUT2D eigenvalue weighted by molar-refractivity contribution is 6.31. The van der Waals surface area contributed by atoms with E-state index in [0.717, 1.165) is 6.42 Å². The van der Waals surface area contributed by atoms with Gasteiger partial charge in [-0.3, -0.25) is 0 Å². The van der Waals surface area contributed by atoms with Crippen molar-refractivity contribution in [3.63, 3.8) is 0 Å². The smallest absolute Gasteiger partial charge is 0.143 e. The SMILES string of the molecule is C=CCCNc1cc(Cl)c(F)cc1N. The highest BCUT2D eigenvalue weighted by atomic mass is 35.5. The summed E-state index contributed by atoms with van der Waals surface area (Å²) in [5.41, 5.74) is 6.59. The van der Waals surface area contributed by atoms with Gasteiger partial charge in [-0.1, -0.05) is 17.7 Å². The van der Waals surface area contributed by atoms with E-state index in [1.165, 1.54) is 12.1 Å². The van der Waals surface area contributed by atoms with Gasteiger partial charge in [0.1, 0.15) is 5.82 Å². The summed E-state index contributed by atoms with van der Waals surface area (Å²) in [7, 11) is 0. The molecule has 0 aliphatic heterocycles. The maximum Gasteiger partial charge on any atom is 0.143 e. The molecule has 14 heavy (non-hydrogen) atoms. The summed E-state index contributed by atoms with van der Waals surface area (Å²) >= 11 is 5.61. The summed E-state index contributed by atoms with van der Waals surface area (Å²) < 4.78 is 12.9. The Hall–Kier alpha value is -1.22. The maximum atomic E-state index is 12.9. The van der Waals surface area contributed by atoms with Crippen molar-refractivity contribution in [2.24, 2.45) is 0 Å². The van der Waals surface area contributed by atoms with Gasteiger partial charge in [0.2, 0.25) is 0 Å². The van der Waals surface area contributed by atoms with Gasteiger partial charge < -0.3 is 11.1 Å². The number of nitrogens with two attached hydrogens (primary N) is 1. The normalized spacial score (nSPS) is 9.86. The molecule has 0 radical (unpaired) electrons. The first kappa shape index (κ1) is 10.9. The van der Waals surface area contributed by atoms with E-state index in [1.54, 1.807) is 6.08 Å². The van der Waals surface area contributed by atoms with Crippen LogP contribution in [0, 0.1) is 5.82 Å². The van der Waals surface area contributed by atoms with Crippen molar-refractivity contribution in [1.82, 2.24) is 0 Å². The summed E-state index contributed by atoms with van der Waals surface area (Å²) in [6.45, 7) is 4.29. The number of anilines is 2. The molecule has 0 saturated heterocycles. The molecule has 1 rings (SSSR count). The van der Waals surface area contributed by atoms with E-state index >= 15 is 0 Å². The van der Waals surface area contributed by atoms with Crippen molar-refractivity contribution in [2.45, 2.75) is 6.42 Å². The maximum absolute atomic E-state index is 12.9. The number of rotatable bonds is 4. The topological polar surface area (TPSA) is 38.0 Å². The number of hydrogen-bond donors (Lipinski definition) is 2. The predicted molar refractivity (Wildman–Crippen MR) is 59.1 cm³/mol. The van der Waals surface area contributed by atoms with Gasteiger partial charge in [-0.05, 0) is 12.5 Å². The van der Waals surface area contributed by atoms with Crippen LogP contribution in [0.25, 0.3) is 0 Å². The molecule has 0 aromatic heterocycles. The van der Waals surface area contributed by atoms with Crippen molar-refractivity contribution >= 4 is 23.0 Å². The van der Waals surface area contributed by atoms with Crippen LogP contribution in [0.15, 0.2) is 24.8 Å². The van der Waals surface area contributed by atoms with Crippen LogP contribution in [0.4, 0.5) is 15.8 Å². The molecule has 0 amide bonds. The zero-order chi connectivity index (χ0) is 10.6. The van der Waals surface area contributed by atoms with E-state index in [9.17, 15) is 4.39 Å². The first-order chi connectivity index (χ1) is 6.65. The second kappa shape index (κ2) is 4.86. The van der Waals surface area contributed by atoms with E-state index in [0.29, 0.717) is 17.9 Å². The molecule has 1 aromatic rings. The van der Waals surface area contributed by atoms with Crippen LogP contribution < -0.4 is 11.1 Å². The zero-order valence-corrected chi connectivity index (χ0v) is 8.44. The second-order valence-corrected chi connectivity index (χ2v) is 3.26. The van der Waals surface area contributed by atoms with E-state index in [4.69, 9.17) is 17.3 Å². The molecule has 0 saturated carbocycles. The zero-order valence-electron chi connectivity index (χ0n) is 7.69. The Kier molecular flexibility index (Phi) is 3.77. The molecule has 0 atom stereocenters. The van der Waals surface area contributed by atoms with Gasteiger partial charge in [-0.2, -0.15) is 0 Å². The van der Waals surface area contributed by atoms with Crippen LogP contribution in [-0.4, -0.2) is 6.54 Å². The van der Waals surface area contributed by atoms with Crippen molar-refractivity contribution in [3.8, 4) is 0 Å². The molecule has 2 nitrogen and oxygen atoms in total. The lowest BCUT2D eigenvalue weighted by atomic mass is 10.2. The number of halogens is 2.